The molecule has 1 saturated carbocycles. The van der Waals surface area contributed by atoms with Crippen LogP contribution < -0.4 is 5.56 Å². The monoisotopic (exact) mass is 439 g/mol. The van der Waals surface area contributed by atoms with Crippen LogP contribution >= 0.6 is 0 Å². The van der Waals surface area contributed by atoms with Crippen LogP contribution in [-0.2, 0) is 17.9 Å². The van der Waals surface area contributed by atoms with Gasteiger partial charge < -0.3 is 14.3 Å². The van der Waals surface area contributed by atoms with Gasteiger partial charge in [0.25, 0.3) is 5.56 Å². The molecule has 1 aliphatic carbocycles. The molecule has 5 rings (SSSR count). The number of aromatic nitrogens is 2. The van der Waals surface area contributed by atoms with Gasteiger partial charge in [-0.1, -0.05) is 49.4 Å². The number of hydrogen-bond donors (Lipinski definition) is 1. The molecule has 2 heterocycles. The molecule has 1 N–H and O–H groups in total. The van der Waals surface area contributed by atoms with Crippen LogP contribution in [0.15, 0.2) is 82.0 Å². The van der Waals surface area contributed by atoms with Gasteiger partial charge in [0, 0.05) is 18.5 Å². The molecule has 1 aliphatic rings. The minimum atomic E-state index is -0.212. The Bertz CT molecular complexity index is 1370. The molecule has 4 aromatic rings. The first-order valence-corrected chi connectivity index (χ1v) is 11.2. The summed E-state index contributed by atoms with van der Waals surface area (Å²) in [6, 6.07) is 20.8. The lowest BCUT2D eigenvalue weighted by atomic mass is 10.2. The zero-order chi connectivity index (χ0) is 22.8. The Hall–Kier alpha value is -3.93. The van der Waals surface area contributed by atoms with E-state index in [1.54, 1.807) is 29.2 Å². The number of carbonyl (C=O) groups is 1. The summed E-state index contributed by atoms with van der Waals surface area (Å²) in [6.45, 7) is 2.78. The topological polar surface area (TPSA) is 79.2 Å². The molecule has 6 heteroatoms. The molecule has 0 spiro atoms. The molecule has 1 amide bonds. The minimum absolute atomic E-state index is 0.182. The number of aromatic amines is 1. The number of nitrogens with zero attached hydrogens (tertiary/aromatic N) is 2. The van der Waals surface area contributed by atoms with Gasteiger partial charge in [-0.15, -0.1) is 0 Å². The predicted molar refractivity (Wildman–Crippen MR) is 127 cm³/mol. The van der Waals surface area contributed by atoms with Crippen LogP contribution in [0, 0.1) is 5.92 Å². The second kappa shape index (κ2) is 8.90. The molecule has 2 aromatic heterocycles. The molecule has 2 aromatic carbocycles. The Labute approximate surface area is 191 Å². The van der Waals surface area contributed by atoms with Crippen molar-refractivity contribution in [2.75, 3.05) is 0 Å². The third-order valence-corrected chi connectivity index (χ3v) is 6.04. The molecular formula is C27H25N3O3. The number of para-hydroxylation sites is 1. The standard InChI is InChI=1S/C27H25N3O3/c1-18-15-22(18)24-13-11-20(33-24)12-14-26(31)30(16-19-7-3-2-4-8-19)17-25-28-23-10-6-5-9-21(23)27(32)29-25/h2-14,18,22H,15-17H2,1H3,(H,28,29,32)/b14-12+. The van der Waals surface area contributed by atoms with Crippen molar-refractivity contribution in [3.05, 3.63) is 106 Å². The van der Waals surface area contributed by atoms with Gasteiger partial charge in [0.15, 0.2) is 0 Å². The maximum Gasteiger partial charge on any atom is 0.258 e. The average molecular weight is 440 g/mol. The summed E-state index contributed by atoms with van der Waals surface area (Å²) >= 11 is 0. The van der Waals surface area contributed by atoms with E-state index in [0.717, 1.165) is 17.7 Å². The van der Waals surface area contributed by atoms with E-state index in [2.05, 4.69) is 16.9 Å². The summed E-state index contributed by atoms with van der Waals surface area (Å²) in [5.74, 6) is 3.05. The van der Waals surface area contributed by atoms with Gasteiger partial charge in [0.05, 0.1) is 17.4 Å². The van der Waals surface area contributed by atoms with Crippen LogP contribution in [0.25, 0.3) is 17.0 Å². The summed E-state index contributed by atoms with van der Waals surface area (Å²) < 4.78 is 5.89. The third kappa shape index (κ3) is 4.80. The summed E-state index contributed by atoms with van der Waals surface area (Å²) in [7, 11) is 0. The Morgan fingerprint density at radius 3 is 2.64 bits per heavy atom. The number of fused-ring (bicyclic) bond motifs is 1. The van der Waals surface area contributed by atoms with Crippen LogP contribution in [-0.4, -0.2) is 20.8 Å². The summed E-state index contributed by atoms with van der Waals surface area (Å²) in [6.07, 6.45) is 4.37. The van der Waals surface area contributed by atoms with Crippen molar-refractivity contribution < 1.29 is 9.21 Å². The Kier molecular flexibility index (Phi) is 5.65. The Morgan fingerprint density at radius 2 is 1.85 bits per heavy atom. The maximum atomic E-state index is 13.2. The molecule has 166 valence electrons. The highest BCUT2D eigenvalue weighted by molar-refractivity contribution is 5.91. The number of nitrogens with one attached hydrogen (secondary N) is 1. The number of rotatable bonds is 7. The molecule has 0 radical (unpaired) electrons. The van der Waals surface area contributed by atoms with Crippen molar-refractivity contribution in [1.82, 2.24) is 14.9 Å². The van der Waals surface area contributed by atoms with E-state index in [0.29, 0.717) is 40.9 Å². The Morgan fingerprint density at radius 1 is 1.09 bits per heavy atom. The van der Waals surface area contributed by atoms with Crippen LogP contribution in [0.3, 0.4) is 0 Å². The smallest absolute Gasteiger partial charge is 0.258 e. The van der Waals surface area contributed by atoms with Crippen LogP contribution in [0.4, 0.5) is 0 Å². The van der Waals surface area contributed by atoms with Crippen molar-refractivity contribution in [2.45, 2.75) is 32.4 Å². The average Bonchev–Trinajstić information content (AvgIpc) is 3.37. The van der Waals surface area contributed by atoms with E-state index in [4.69, 9.17) is 4.42 Å². The zero-order valence-electron chi connectivity index (χ0n) is 18.4. The number of furan rings is 1. The number of benzene rings is 2. The van der Waals surface area contributed by atoms with E-state index in [9.17, 15) is 9.59 Å². The lowest BCUT2D eigenvalue weighted by molar-refractivity contribution is -0.127. The first-order valence-electron chi connectivity index (χ1n) is 11.2. The molecule has 0 aliphatic heterocycles. The summed E-state index contributed by atoms with van der Waals surface area (Å²) in [5.41, 5.74) is 1.39. The van der Waals surface area contributed by atoms with Gasteiger partial charge in [0.2, 0.25) is 5.91 Å². The quantitative estimate of drug-likeness (QED) is 0.416. The van der Waals surface area contributed by atoms with Crippen LogP contribution in [0.2, 0.25) is 0 Å². The van der Waals surface area contributed by atoms with Gasteiger partial charge in [-0.25, -0.2) is 4.98 Å². The van der Waals surface area contributed by atoms with Gasteiger partial charge in [0.1, 0.15) is 17.3 Å². The highest BCUT2D eigenvalue weighted by atomic mass is 16.3. The predicted octanol–water partition coefficient (Wildman–Crippen LogP) is 4.88. The molecule has 2 atom stereocenters. The van der Waals surface area contributed by atoms with Gasteiger partial charge >= 0.3 is 0 Å². The van der Waals surface area contributed by atoms with Gasteiger partial charge in [-0.2, -0.15) is 0 Å². The van der Waals surface area contributed by atoms with Crippen LogP contribution in [0.1, 0.15) is 42.2 Å². The van der Waals surface area contributed by atoms with Gasteiger partial charge in [-0.3, -0.25) is 9.59 Å². The Balaban J connectivity index is 1.38. The second-order valence-corrected chi connectivity index (χ2v) is 8.60. The minimum Gasteiger partial charge on any atom is -0.461 e. The largest absolute Gasteiger partial charge is 0.461 e. The summed E-state index contributed by atoms with van der Waals surface area (Å²) in [5, 5.41) is 0.528. The third-order valence-electron chi connectivity index (χ3n) is 6.04. The highest BCUT2D eigenvalue weighted by Crippen LogP contribution is 2.47. The number of hydrogen-bond acceptors (Lipinski definition) is 4. The molecule has 0 bridgehead atoms. The summed E-state index contributed by atoms with van der Waals surface area (Å²) in [4.78, 5) is 34.7. The second-order valence-electron chi connectivity index (χ2n) is 8.60. The lowest BCUT2D eigenvalue weighted by Gasteiger charge is -2.21. The fraction of sp³-hybridized carbons (Fsp3) is 0.222. The number of carbonyl (C=O) groups excluding carboxylic acids is 1. The maximum absolute atomic E-state index is 13.2. The normalized spacial score (nSPS) is 17.5. The molecule has 0 saturated heterocycles. The fourth-order valence-corrected chi connectivity index (χ4v) is 4.04. The van der Waals surface area contributed by atoms with Crippen LogP contribution in [0.5, 0.6) is 0 Å². The molecule has 6 nitrogen and oxygen atoms in total. The molecule has 33 heavy (non-hydrogen) atoms. The van der Waals surface area contributed by atoms with E-state index in [1.165, 1.54) is 6.08 Å². The highest BCUT2D eigenvalue weighted by Gasteiger charge is 2.36. The molecular weight excluding hydrogens is 414 g/mol. The first-order chi connectivity index (χ1) is 16.1. The van der Waals surface area contributed by atoms with Crippen molar-refractivity contribution in [3.8, 4) is 0 Å². The lowest BCUT2D eigenvalue weighted by Crippen LogP contribution is -2.30. The number of amides is 1. The van der Waals surface area contributed by atoms with Crippen molar-refractivity contribution in [1.29, 1.82) is 0 Å². The van der Waals surface area contributed by atoms with E-state index < -0.39 is 0 Å². The van der Waals surface area contributed by atoms with Crippen molar-refractivity contribution in [3.63, 3.8) is 0 Å². The molecule has 1 fully saturated rings. The zero-order valence-corrected chi connectivity index (χ0v) is 18.4. The van der Waals surface area contributed by atoms with Gasteiger partial charge in [-0.05, 0) is 48.2 Å². The van der Waals surface area contributed by atoms with E-state index in [-0.39, 0.29) is 18.0 Å². The first kappa shape index (κ1) is 20.9. The SMILES string of the molecule is CC1CC1c1ccc(/C=C/C(=O)N(Cc2ccccc2)Cc2nc3ccccc3c(=O)[nH]2)o1. The molecule has 2 unspecified atom stereocenters. The van der Waals surface area contributed by atoms with Crippen molar-refractivity contribution in [2.24, 2.45) is 5.92 Å². The van der Waals surface area contributed by atoms with Crippen molar-refractivity contribution >= 4 is 22.9 Å². The van der Waals surface area contributed by atoms with E-state index in [1.807, 2.05) is 48.5 Å². The number of H-pyrrole nitrogens is 1. The fourth-order valence-electron chi connectivity index (χ4n) is 4.04. The van der Waals surface area contributed by atoms with E-state index >= 15 is 0 Å².